The van der Waals surface area contributed by atoms with Crippen molar-refractivity contribution in [2.45, 2.75) is 13.5 Å². The van der Waals surface area contributed by atoms with Gasteiger partial charge in [0.1, 0.15) is 17.7 Å². The first-order valence-electron chi connectivity index (χ1n) is 9.26. The molecule has 1 fully saturated rings. The highest BCUT2D eigenvalue weighted by atomic mass is 16.6. The minimum atomic E-state index is -0.539. The third kappa shape index (κ3) is 4.62. The lowest BCUT2D eigenvalue weighted by atomic mass is 10.1. The molecule has 0 aliphatic carbocycles. The van der Waals surface area contributed by atoms with Gasteiger partial charge in [-0.05, 0) is 25.1 Å². The second-order valence-electron chi connectivity index (χ2n) is 6.83. The van der Waals surface area contributed by atoms with Gasteiger partial charge < -0.3 is 14.4 Å². The number of aryl methyl sites for hydroxylation is 1. The zero-order valence-corrected chi connectivity index (χ0v) is 16.8. The molecule has 0 radical (unpaired) electrons. The number of pyridine rings is 1. The number of nitro groups is 1. The summed E-state index contributed by atoms with van der Waals surface area (Å²) in [6.45, 7) is 4.81. The fourth-order valence-electron chi connectivity index (χ4n) is 3.36. The molecule has 1 aliphatic rings. The lowest BCUT2D eigenvalue weighted by Gasteiger charge is -2.35. The Labute approximate surface area is 169 Å². The topological polar surface area (TPSA) is 98.0 Å². The van der Waals surface area contributed by atoms with Crippen LogP contribution in [0.5, 0.6) is 11.5 Å². The maximum Gasteiger partial charge on any atom is 0.288 e. The lowest BCUT2D eigenvalue weighted by Crippen LogP contribution is -2.48. The largest absolute Gasteiger partial charge is 0.497 e. The van der Waals surface area contributed by atoms with E-state index in [1.165, 1.54) is 12.3 Å². The van der Waals surface area contributed by atoms with E-state index in [1.807, 2.05) is 18.2 Å². The molecule has 1 saturated heterocycles. The Bertz CT molecular complexity index is 910. The summed E-state index contributed by atoms with van der Waals surface area (Å²) in [5.41, 5.74) is 1.61. The average Bonchev–Trinajstić information content (AvgIpc) is 2.74. The van der Waals surface area contributed by atoms with Crippen LogP contribution >= 0.6 is 0 Å². The summed E-state index contributed by atoms with van der Waals surface area (Å²) >= 11 is 0. The van der Waals surface area contributed by atoms with Gasteiger partial charge in [0.2, 0.25) is 0 Å². The third-order valence-electron chi connectivity index (χ3n) is 5.05. The van der Waals surface area contributed by atoms with E-state index in [2.05, 4.69) is 9.88 Å². The van der Waals surface area contributed by atoms with Crippen LogP contribution in [-0.2, 0) is 6.54 Å². The van der Waals surface area contributed by atoms with Crippen LogP contribution in [0.3, 0.4) is 0 Å². The van der Waals surface area contributed by atoms with E-state index < -0.39 is 4.92 Å². The summed E-state index contributed by atoms with van der Waals surface area (Å²) in [4.78, 5) is 31.3. The molecule has 9 heteroatoms. The highest BCUT2D eigenvalue weighted by molar-refractivity contribution is 5.95. The first-order valence-corrected chi connectivity index (χ1v) is 9.26. The van der Waals surface area contributed by atoms with Crippen molar-refractivity contribution in [2.75, 3.05) is 40.4 Å². The monoisotopic (exact) mass is 400 g/mol. The van der Waals surface area contributed by atoms with Crippen molar-refractivity contribution >= 4 is 11.6 Å². The fraction of sp³-hybridized carbons (Fsp3) is 0.400. The van der Waals surface area contributed by atoms with Crippen LogP contribution in [0, 0.1) is 17.0 Å². The second-order valence-corrected chi connectivity index (χ2v) is 6.83. The Kier molecular flexibility index (Phi) is 6.28. The minimum Gasteiger partial charge on any atom is -0.497 e. The fourth-order valence-corrected chi connectivity index (χ4v) is 3.36. The van der Waals surface area contributed by atoms with Crippen LogP contribution in [0.25, 0.3) is 0 Å². The Hall–Kier alpha value is -3.20. The van der Waals surface area contributed by atoms with Crippen molar-refractivity contribution in [1.29, 1.82) is 0 Å². The Morgan fingerprint density at radius 2 is 1.90 bits per heavy atom. The summed E-state index contributed by atoms with van der Waals surface area (Å²) in [5.74, 6) is 1.34. The molecule has 0 unspecified atom stereocenters. The Morgan fingerprint density at radius 1 is 1.17 bits per heavy atom. The van der Waals surface area contributed by atoms with Gasteiger partial charge in [0.05, 0.1) is 30.4 Å². The number of hydrogen-bond acceptors (Lipinski definition) is 7. The van der Waals surface area contributed by atoms with Crippen LogP contribution < -0.4 is 9.47 Å². The number of piperazine rings is 1. The van der Waals surface area contributed by atoms with Crippen molar-refractivity contribution in [3.63, 3.8) is 0 Å². The smallest absolute Gasteiger partial charge is 0.288 e. The first kappa shape index (κ1) is 20.5. The highest BCUT2D eigenvalue weighted by Crippen LogP contribution is 2.26. The SMILES string of the molecule is COc1ccc(OC)c(CN2CCN(C(=O)c3cc([N+](=O)[O-])cnc3C)CC2)c1. The van der Waals surface area contributed by atoms with Gasteiger partial charge in [0.15, 0.2) is 0 Å². The van der Waals surface area contributed by atoms with Gasteiger partial charge in [-0.2, -0.15) is 0 Å². The number of hydrogen-bond donors (Lipinski definition) is 0. The molecule has 2 heterocycles. The van der Waals surface area contributed by atoms with E-state index in [-0.39, 0.29) is 17.2 Å². The van der Waals surface area contributed by atoms with Crippen LogP contribution in [-0.4, -0.2) is 66.0 Å². The Balaban J connectivity index is 1.66. The normalized spacial score (nSPS) is 14.5. The zero-order valence-electron chi connectivity index (χ0n) is 16.8. The highest BCUT2D eigenvalue weighted by Gasteiger charge is 2.25. The van der Waals surface area contributed by atoms with Gasteiger partial charge in [-0.15, -0.1) is 0 Å². The number of aromatic nitrogens is 1. The summed E-state index contributed by atoms with van der Waals surface area (Å²) < 4.78 is 10.7. The van der Waals surface area contributed by atoms with Gasteiger partial charge in [-0.3, -0.25) is 24.8 Å². The molecular weight excluding hydrogens is 376 g/mol. The predicted octanol–water partition coefficient (Wildman–Crippen LogP) is 2.27. The van der Waals surface area contributed by atoms with Gasteiger partial charge in [0.25, 0.3) is 11.6 Å². The maximum atomic E-state index is 12.9. The third-order valence-corrected chi connectivity index (χ3v) is 5.05. The van der Waals surface area contributed by atoms with Crippen LogP contribution in [0.4, 0.5) is 5.69 Å². The maximum absolute atomic E-state index is 12.9. The number of carbonyl (C=O) groups is 1. The molecule has 0 saturated carbocycles. The van der Waals surface area contributed by atoms with Crippen molar-refractivity contribution in [3.05, 3.63) is 57.4 Å². The summed E-state index contributed by atoms with van der Waals surface area (Å²) in [7, 11) is 3.26. The summed E-state index contributed by atoms with van der Waals surface area (Å²) in [6, 6.07) is 6.99. The molecule has 2 aromatic rings. The molecule has 0 spiro atoms. The number of benzene rings is 1. The zero-order chi connectivity index (χ0) is 21.0. The number of rotatable bonds is 6. The average molecular weight is 400 g/mol. The number of ether oxygens (including phenoxy) is 2. The van der Waals surface area contributed by atoms with Crippen molar-refractivity contribution in [3.8, 4) is 11.5 Å². The van der Waals surface area contributed by atoms with Gasteiger partial charge in [0, 0.05) is 44.4 Å². The molecule has 3 rings (SSSR count). The standard InChI is InChI=1S/C20H24N4O5/c1-14-18(11-16(12-21-14)24(26)27)20(25)23-8-6-22(7-9-23)13-15-10-17(28-2)4-5-19(15)29-3/h4-5,10-12H,6-9,13H2,1-3H3. The molecule has 29 heavy (non-hydrogen) atoms. The van der Waals surface area contributed by atoms with Crippen LogP contribution in [0.1, 0.15) is 21.6 Å². The number of carbonyl (C=O) groups excluding carboxylic acids is 1. The second kappa shape index (κ2) is 8.87. The molecule has 0 bridgehead atoms. The van der Waals surface area contributed by atoms with E-state index in [0.717, 1.165) is 17.1 Å². The quantitative estimate of drug-likeness (QED) is 0.542. The predicted molar refractivity (Wildman–Crippen MR) is 106 cm³/mol. The first-order chi connectivity index (χ1) is 13.9. The van der Waals surface area contributed by atoms with Crippen molar-refractivity contribution in [1.82, 2.24) is 14.8 Å². The van der Waals surface area contributed by atoms with E-state index in [1.54, 1.807) is 26.0 Å². The van der Waals surface area contributed by atoms with E-state index in [0.29, 0.717) is 38.4 Å². The summed E-state index contributed by atoms with van der Waals surface area (Å²) in [6.07, 6.45) is 1.17. The van der Waals surface area contributed by atoms with E-state index >= 15 is 0 Å². The van der Waals surface area contributed by atoms with Crippen LogP contribution in [0.15, 0.2) is 30.5 Å². The molecule has 9 nitrogen and oxygen atoms in total. The van der Waals surface area contributed by atoms with E-state index in [4.69, 9.17) is 9.47 Å². The van der Waals surface area contributed by atoms with E-state index in [9.17, 15) is 14.9 Å². The Morgan fingerprint density at radius 3 is 2.52 bits per heavy atom. The molecule has 1 aromatic carbocycles. The molecular formula is C20H24N4O5. The van der Waals surface area contributed by atoms with Gasteiger partial charge >= 0.3 is 0 Å². The number of amides is 1. The molecule has 1 amide bonds. The molecule has 0 N–H and O–H groups in total. The minimum absolute atomic E-state index is 0.178. The number of nitrogens with zero attached hydrogens (tertiary/aromatic N) is 4. The number of methoxy groups -OCH3 is 2. The van der Waals surface area contributed by atoms with Crippen molar-refractivity contribution in [2.24, 2.45) is 0 Å². The lowest BCUT2D eigenvalue weighted by molar-refractivity contribution is -0.385. The van der Waals surface area contributed by atoms with Gasteiger partial charge in [-0.1, -0.05) is 0 Å². The van der Waals surface area contributed by atoms with Crippen molar-refractivity contribution < 1.29 is 19.2 Å². The molecule has 0 atom stereocenters. The molecule has 154 valence electrons. The van der Waals surface area contributed by atoms with Crippen LogP contribution in [0.2, 0.25) is 0 Å². The summed E-state index contributed by atoms with van der Waals surface area (Å²) in [5, 5.41) is 11.0. The molecule has 1 aliphatic heterocycles. The molecule has 1 aromatic heterocycles. The van der Waals surface area contributed by atoms with Gasteiger partial charge in [-0.25, -0.2) is 0 Å².